The van der Waals surface area contributed by atoms with Crippen molar-refractivity contribution in [1.82, 2.24) is 5.32 Å². The van der Waals surface area contributed by atoms with Crippen molar-refractivity contribution in [3.63, 3.8) is 0 Å². The summed E-state index contributed by atoms with van der Waals surface area (Å²) in [5.41, 5.74) is -0.110. The van der Waals surface area contributed by atoms with E-state index in [1.54, 1.807) is 0 Å². The van der Waals surface area contributed by atoms with E-state index in [4.69, 9.17) is 0 Å². The molecule has 0 spiro atoms. The molecule has 1 fully saturated rings. The van der Waals surface area contributed by atoms with E-state index in [-0.39, 0.29) is 12.1 Å². The van der Waals surface area contributed by atoms with Crippen molar-refractivity contribution in [1.29, 1.82) is 0 Å². The molecule has 1 saturated carbocycles. The monoisotopic (exact) mass is 273 g/mol. The summed E-state index contributed by atoms with van der Waals surface area (Å²) in [6.45, 7) is 9.03. The summed E-state index contributed by atoms with van der Waals surface area (Å²) in [4.78, 5) is 0. The van der Waals surface area contributed by atoms with Crippen LogP contribution in [0.25, 0.3) is 0 Å². The number of thioether (sulfide) groups is 1. The highest BCUT2D eigenvalue weighted by Crippen LogP contribution is 2.32. The lowest BCUT2D eigenvalue weighted by Crippen LogP contribution is -2.49. The summed E-state index contributed by atoms with van der Waals surface area (Å²) in [6.07, 6.45) is 6.65. The van der Waals surface area contributed by atoms with Gasteiger partial charge in [-0.05, 0) is 37.9 Å². The molecule has 2 nitrogen and oxygen atoms in total. The minimum Gasteiger partial charge on any atom is -0.394 e. The van der Waals surface area contributed by atoms with Crippen LogP contribution in [0.15, 0.2) is 0 Å². The van der Waals surface area contributed by atoms with Crippen molar-refractivity contribution < 1.29 is 5.11 Å². The highest BCUT2D eigenvalue weighted by molar-refractivity contribution is 7.99. The predicted molar refractivity (Wildman–Crippen MR) is 82.3 cm³/mol. The van der Waals surface area contributed by atoms with Gasteiger partial charge in [-0.25, -0.2) is 0 Å². The van der Waals surface area contributed by atoms with E-state index in [1.807, 2.05) is 0 Å². The number of hydrogen-bond donors (Lipinski definition) is 2. The Morgan fingerprint density at radius 1 is 1.39 bits per heavy atom. The lowest BCUT2D eigenvalue weighted by atomic mass is 9.91. The first-order chi connectivity index (χ1) is 8.45. The van der Waals surface area contributed by atoms with Crippen LogP contribution in [0.2, 0.25) is 0 Å². The topological polar surface area (TPSA) is 32.3 Å². The molecule has 3 unspecified atom stereocenters. The van der Waals surface area contributed by atoms with Gasteiger partial charge in [0.2, 0.25) is 0 Å². The molecule has 0 amide bonds. The molecule has 0 heterocycles. The third-order valence-electron chi connectivity index (χ3n) is 3.88. The Labute approximate surface area is 117 Å². The molecule has 1 aliphatic carbocycles. The molecule has 1 rings (SSSR count). The van der Waals surface area contributed by atoms with Gasteiger partial charge in [-0.2, -0.15) is 11.8 Å². The molecular formula is C15H31NOS. The summed E-state index contributed by atoms with van der Waals surface area (Å²) in [5, 5.41) is 13.9. The van der Waals surface area contributed by atoms with Gasteiger partial charge in [0.15, 0.2) is 0 Å². The van der Waals surface area contributed by atoms with Gasteiger partial charge in [-0.15, -0.1) is 0 Å². The summed E-state index contributed by atoms with van der Waals surface area (Å²) in [6, 6.07) is 0.432. The fourth-order valence-corrected chi connectivity index (χ4v) is 4.57. The Bertz CT molecular complexity index is 235. The lowest BCUT2D eigenvalue weighted by molar-refractivity contribution is 0.162. The van der Waals surface area contributed by atoms with Gasteiger partial charge in [0.25, 0.3) is 0 Å². The zero-order chi connectivity index (χ0) is 13.6. The zero-order valence-electron chi connectivity index (χ0n) is 12.5. The summed E-state index contributed by atoms with van der Waals surface area (Å²) < 4.78 is 0. The highest BCUT2D eigenvalue weighted by atomic mass is 32.2. The van der Waals surface area contributed by atoms with Gasteiger partial charge < -0.3 is 10.4 Å². The molecule has 2 N–H and O–H groups in total. The lowest BCUT2D eigenvalue weighted by Gasteiger charge is -2.32. The Balaban J connectivity index is 2.26. The fraction of sp³-hybridized carbons (Fsp3) is 1.00. The van der Waals surface area contributed by atoms with Gasteiger partial charge in [0.1, 0.15) is 0 Å². The first kappa shape index (κ1) is 16.3. The van der Waals surface area contributed by atoms with Crippen LogP contribution in [0.4, 0.5) is 0 Å². The van der Waals surface area contributed by atoms with E-state index < -0.39 is 0 Å². The highest BCUT2D eigenvalue weighted by Gasteiger charge is 2.25. The van der Waals surface area contributed by atoms with E-state index >= 15 is 0 Å². The maximum atomic E-state index is 9.54. The number of aliphatic hydroxyl groups is 1. The van der Waals surface area contributed by atoms with E-state index in [1.165, 1.54) is 25.7 Å². The fourth-order valence-electron chi connectivity index (χ4n) is 2.87. The van der Waals surface area contributed by atoms with Crippen LogP contribution >= 0.6 is 11.8 Å². The first-order valence-corrected chi connectivity index (χ1v) is 8.50. The number of aliphatic hydroxyl groups excluding tert-OH is 1. The molecule has 0 aromatic heterocycles. The van der Waals surface area contributed by atoms with Crippen LogP contribution in [-0.2, 0) is 0 Å². The van der Waals surface area contributed by atoms with Crippen LogP contribution in [0.3, 0.4) is 0 Å². The van der Waals surface area contributed by atoms with Gasteiger partial charge in [0, 0.05) is 16.8 Å². The van der Waals surface area contributed by atoms with Crippen molar-refractivity contribution in [2.24, 2.45) is 5.92 Å². The largest absolute Gasteiger partial charge is 0.394 e. The Kier molecular flexibility index (Phi) is 7.04. The second kappa shape index (κ2) is 7.76. The van der Waals surface area contributed by atoms with Crippen molar-refractivity contribution >= 4 is 11.8 Å². The Hall–Kier alpha value is 0.270. The number of nitrogens with one attached hydrogen (secondary N) is 1. The van der Waals surface area contributed by atoms with Gasteiger partial charge in [-0.1, -0.05) is 33.6 Å². The van der Waals surface area contributed by atoms with E-state index in [2.05, 4.69) is 44.8 Å². The molecule has 3 heteroatoms. The van der Waals surface area contributed by atoms with Crippen LogP contribution in [0.1, 0.15) is 59.8 Å². The van der Waals surface area contributed by atoms with Gasteiger partial charge >= 0.3 is 0 Å². The average Bonchev–Trinajstić information content (AvgIpc) is 2.28. The minimum absolute atomic E-state index is 0.110. The molecule has 0 aromatic carbocycles. The molecule has 1 aliphatic rings. The smallest absolute Gasteiger partial charge is 0.0610 e. The summed E-state index contributed by atoms with van der Waals surface area (Å²) >= 11 is 2.12. The Morgan fingerprint density at radius 3 is 2.67 bits per heavy atom. The maximum absolute atomic E-state index is 9.54. The van der Waals surface area contributed by atoms with Crippen LogP contribution < -0.4 is 5.32 Å². The molecule has 0 bridgehead atoms. The maximum Gasteiger partial charge on any atom is 0.0610 e. The summed E-state index contributed by atoms with van der Waals surface area (Å²) in [5.74, 6) is 2.07. The van der Waals surface area contributed by atoms with Crippen molar-refractivity contribution in [3.8, 4) is 0 Å². The standard InChI is InChI=1S/C15H31NOS/c1-12(2)16-15(4,11-17)8-9-18-14-7-5-6-13(3)10-14/h12-14,16-17H,5-11H2,1-4H3. The second-order valence-electron chi connectivity index (χ2n) is 6.53. The van der Waals surface area contributed by atoms with Crippen molar-refractivity contribution in [2.45, 2.75) is 76.6 Å². The average molecular weight is 273 g/mol. The van der Waals surface area contributed by atoms with Gasteiger partial charge in [0.05, 0.1) is 6.61 Å². The molecule has 0 saturated heterocycles. The molecule has 0 aliphatic heterocycles. The van der Waals surface area contributed by atoms with Crippen LogP contribution in [0.5, 0.6) is 0 Å². The molecule has 0 aromatic rings. The van der Waals surface area contributed by atoms with Crippen molar-refractivity contribution in [3.05, 3.63) is 0 Å². The number of hydrogen-bond acceptors (Lipinski definition) is 3. The van der Waals surface area contributed by atoms with Crippen molar-refractivity contribution in [2.75, 3.05) is 12.4 Å². The molecule has 18 heavy (non-hydrogen) atoms. The Morgan fingerprint density at radius 2 is 2.11 bits per heavy atom. The third kappa shape index (κ3) is 5.94. The second-order valence-corrected chi connectivity index (χ2v) is 7.94. The number of rotatable bonds is 7. The predicted octanol–water partition coefficient (Wildman–Crippen LogP) is 3.44. The molecule has 108 valence electrons. The molecule has 3 atom stereocenters. The van der Waals surface area contributed by atoms with Crippen LogP contribution in [0, 0.1) is 5.92 Å². The first-order valence-electron chi connectivity index (χ1n) is 7.45. The minimum atomic E-state index is -0.110. The summed E-state index contributed by atoms with van der Waals surface area (Å²) in [7, 11) is 0. The molecule has 0 radical (unpaired) electrons. The zero-order valence-corrected chi connectivity index (χ0v) is 13.4. The SMILES string of the molecule is CC1CCCC(SCCC(C)(CO)NC(C)C)C1. The van der Waals surface area contributed by atoms with Crippen LogP contribution in [-0.4, -0.2) is 34.3 Å². The third-order valence-corrected chi connectivity index (χ3v) is 5.22. The molecular weight excluding hydrogens is 242 g/mol. The normalized spacial score (nSPS) is 28.3. The van der Waals surface area contributed by atoms with Gasteiger partial charge in [-0.3, -0.25) is 0 Å². The van der Waals surface area contributed by atoms with E-state index in [0.29, 0.717) is 6.04 Å². The van der Waals surface area contributed by atoms with E-state index in [0.717, 1.165) is 23.3 Å². The quantitative estimate of drug-likeness (QED) is 0.745. The van der Waals surface area contributed by atoms with E-state index in [9.17, 15) is 5.11 Å².